The van der Waals surface area contributed by atoms with Gasteiger partial charge in [0.1, 0.15) is 6.61 Å². The van der Waals surface area contributed by atoms with Crippen LogP contribution in [-0.2, 0) is 15.0 Å². The molecule has 0 aromatic carbocycles. The Morgan fingerprint density at radius 2 is 2.07 bits per heavy atom. The van der Waals surface area contributed by atoms with Gasteiger partial charge in [0.05, 0.1) is 11.5 Å². The summed E-state index contributed by atoms with van der Waals surface area (Å²) in [4.78, 5) is 4.91. The van der Waals surface area contributed by atoms with E-state index in [1.807, 2.05) is 13.8 Å². The standard InChI is InChI=1S/C8H17NO4S/c1-3-8(2)9-13-6-4-5-7-14(10,11)12/h3-7H2,1-2H3,(H,10,11,12). The van der Waals surface area contributed by atoms with Crippen molar-refractivity contribution in [3.05, 3.63) is 0 Å². The predicted octanol–water partition coefficient (Wildman–Crippen LogP) is 1.46. The van der Waals surface area contributed by atoms with Crippen LogP contribution in [0, 0.1) is 0 Å². The van der Waals surface area contributed by atoms with Gasteiger partial charge in [0.15, 0.2) is 0 Å². The van der Waals surface area contributed by atoms with Crippen LogP contribution in [0.15, 0.2) is 5.16 Å². The Morgan fingerprint density at radius 3 is 2.57 bits per heavy atom. The fourth-order valence-corrected chi connectivity index (χ4v) is 1.24. The minimum Gasteiger partial charge on any atom is -0.396 e. The molecule has 0 saturated carbocycles. The highest BCUT2D eigenvalue weighted by atomic mass is 32.2. The molecule has 0 aromatic rings. The second-order valence-corrected chi connectivity index (χ2v) is 4.58. The van der Waals surface area contributed by atoms with Gasteiger partial charge in [-0.3, -0.25) is 4.55 Å². The molecule has 5 nitrogen and oxygen atoms in total. The van der Waals surface area contributed by atoms with Gasteiger partial charge in [-0.05, 0) is 26.2 Å². The lowest BCUT2D eigenvalue weighted by Crippen LogP contribution is -2.04. The van der Waals surface area contributed by atoms with Crippen LogP contribution in [0.3, 0.4) is 0 Å². The van der Waals surface area contributed by atoms with Crippen LogP contribution in [0.25, 0.3) is 0 Å². The van der Waals surface area contributed by atoms with E-state index in [1.54, 1.807) is 0 Å². The van der Waals surface area contributed by atoms with Gasteiger partial charge in [-0.25, -0.2) is 0 Å². The van der Waals surface area contributed by atoms with E-state index in [0.717, 1.165) is 12.1 Å². The van der Waals surface area contributed by atoms with Crippen molar-refractivity contribution >= 4 is 15.8 Å². The van der Waals surface area contributed by atoms with Crippen molar-refractivity contribution in [2.75, 3.05) is 12.4 Å². The number of oxime groups is 1. The Labute approximate surface area is 84.9 Å². The van der Waals surface area contributed by atoms with Gasteiger partial charge < -0.3 is 4.84 Å². The zero-order chi connectivity index (χ0) is 11.0. The maximum atomic E-state index is 10.3. The minimum atomic E-state index is -3.82. The van der Waals surface area contributed by atoms with E-state index >= 15 is 0 Å². The molecule has 6 heteroatoms. The molecule has 14 heavy (non-hydrogen) atoms. The summed E-state index contributed by atoms with van der Waals surface area (Å²) in [5.74, 6) is -0.215. The maximum Gasteiger partial charge on any atom is 0.264 e. The van der Waals surface area contributed by atoms with Gasteiger partial charge in [0, 0.05) is 0 Å². The van der Waals surface area contributed by atoms with Gasteiger partial charge in [0.25, 0.3) is 10.1 Å². The molecule has 1 N–H and O–H groups in total. The van der Waals surface area contributed by atoms with Crippen molar-refractivity contribution in [2.24, 2.45) is 5.16 Å². The van der Waals surface area contributed by atoms with E-state index in [0.29, 0.717) is 19.4 Å². The normalized spacial score (nSPS) is 12.9. The lowest BCUT2D eigenvalue weighted by molar-refractivity contribution is 0.140. The van der Waals surface area contributed by atoms with E-state index < -0.39 is 10.1 Å². The highest BCUT2D eigenvalue weighted by Gasteiger charge is 2.02. The molecule has 0 saturated heterocycles. The summed E-state index contributed by atoms with van der Waals surface area (Å²) in [5.41, 5.74) is 0.903. The number of hydrogen-bond acceptors (Lipinski definition) is 4. The summed E-state index contributed by atoms with van der Waals surface area (Å²) in [6.07, 6.45) is 1.80. The molecule has 0 atom stereocenters. The van der Waals surface area contributed by atoms with Crippen LogP contribution >= 0.6 is 0 Å². The largest absolute Gasteiger partial charge is 0.396 e. The topological polar surface area (TPSA) is 76.0 Å². The molecule has 0 spiro atoms. The van der Waals surface area contributed by atoms with Crippen LogP contribution < -0.4 is 0 Å². The van der Waals surface area contributed by atoms with Crippen LogP contribution in [0.4, 0.5) is 0 Å². The molecule has 0 aliphatic rings. The van der Waals surface area contributed by atoms with Gasteiger partial charge in [-0.2, -0.15) is 8.42 Å². The van der Waals surface area contributed by atoms with E-state index in [1.165, 1.54) is 0 Å². The predicted molar refractivity (Wildman–Crippen MR) is 55.0 cm³/mol. The molecule has 0 fully saturated rings. The van der Waals surface area contributed by atoms with E-state index in [2.05, 4.69) is 5.16 Å². The van der Waals surface area contributed by atoms with Crippen molar-refractivity contribution < 1.29 is 17.8 Å². The summed E-state index contributed by atoms with van der Waals surface area (Å²) in [6, 6.07) is 0. The van der Waals surface area contributed by atoms with Crippen molar-refractivity contribution in [3.63, 3.8) is 0 Å². The first-order valence-electron chi connectivity index (χ1n) is 4.56. The average molecular weight is 223 g/mol. The first-order chi connectivity index (χ1) is 6.45. The molecule has 0 heterocycles. The van der Waals surface area contributed by atoms with Gasteiger partial charge in [-0.15, -0.1) is 0 Å². The highest BCUT2D eigenvalue weighted by molar-refractivity contribution is 7.85. The number of rotatable bonds is 7. The van der Waals surface area contributed by atoms with Crippen molar-refractivity contribution in [2.45, 2.75) is 33.1 Å². The number of hydrogen-bond donors (Lipinski definition) is 1. The molecule has 0 amide bonds. The smallest absolute Gasteiger partial charge is 0.264 e. The molecular weight excluding hydrogens is 206 g/mol. The van der Waals surface area contributed by atoms with Crippen LogP contribution in [0.2, 0.25) is 0 Å². The summed E-state index contributed by atoms with van der Waals surface area (Å²) in [5, 5.41) is 3.78. The maximum absolute atomic E-state index is 10.3. The average Bonchev–Trinajstić information content (AvgIpc) is 2.08. The molecular formula is C8H17NO4S. The third kappa shape index (κ3) is 9.47. The first kappa shape index (κ1) is 13.4. The van der Waals surface area contributed by atoms with Crippen molar-refractivity contribution in [3.8, 4) is 0 Å². The highest BCUT2D eigenvalue weighted by Crippen LogP contribution is 1.95. The summed E-state index contributed by atoms with van der Waals surface area (Å²) in [7, 11) is -3.82. The molecule has 0 aliphatic carbocycles. The van der Waals surface area contributed by atoms with Crippen molar-refractivity contribution in [1.29, 1.82) is 0 Å². The Balaban J connectivity index is 3.40. The fraction of sp³-hybridized carbons (Fsp3) is 0.875. The van der Waals surface area contributed by atoms with Gasteiger partial charge in [-0.1, -0.05) is 12.1 Å². The van der Waals surface area contributed by atoms with Gasteiger partial charge in [0.2, 0.25) is 0 Å². The number of nitrogens with zero attached hydrogens (tertiary/aromatic N) is 1. The first-order valence-corrected chi connectivity index (χ1v) is 6.17. The van der Waals surface area contributed by atoms with Crippen molar-refractivity contribution in [1.82, 2.24) is 0 Å². The second-order valence-electron chi connectivity index (χ2n) is 3.01. The monoisotopic (exact) mass is 223 g/mol. The fourth-order valence-electron chi connectivity index (χ4n) is 0.671. The zero-order valence-electron chi connectivity index (χ0n) is 8.56. The Morgan fingerprint density at radius 1 is 1.43 bits per heavy atom. The van der Waals surface area contributed by atoms with E-state index in [9.17, 15) is 8.42 Å². The molecule has 0 rings (SSSR count). The molecule has 84 valence electrons. The SMILES string of the molecule is CCC(C)=NOCCCCS(=O)(=O)O. The molecule has 0 aliphatic heterocycles. The molecule has 0 bridgehead atoms. The Bertz CT molecular complexity index is 271. The van der Waals surface area contributed by atoms with E-state index in [4.69, 9.17) is 9.39 Å². The minimum absolute atomic E-state index is 0.215. The molecule has 0 radical (unpaired) electrons. The lowest BCUT2D eigenvalue weighted by Gasteiger charge is -1.99. The second kappa shape index (κ2) is 6.78. The zero-order valence-corrected chi connectivity index (χ0v) is 9.38. The Kier molecular flexibility index (Phi) is 6.48. The van der Waals surface area contributed by atoms with Crippen LogP contribution in [0.5, 0.6) is 0 Å². The molecule has 0 aromatic heterocycles. The summed E-state index contributed by atoms with van der Waals surface area (Å²) in [6.45, 7) is 4.21. The number of unbranched alkanes of at least 4 members (excludes halogenated alkanes) is 1. The van der Waals surface area contributed by atoms with Gasteiger partial charge >= 0.3 is 0 Å². The quantitative estimate of drug-likeness (QED) is 0.307. The third-order valence-corrected chi connectivity index (χ3v) is 2.42. The summed E-state index contributed by atoms with van der Waals surface area (Å²) >= 11 is 0. The summed E-state index contributed by atoms with van der Waals surface area (Å²) < 4.78 is 29.0. The van der Waals surface area contributed by atoms with Crippen LogP contribution in [0.1, 0.15) is 33.1 Å². The van der Waals surface area contributed by atoms with Crippen LogP contribution in [-0.4, -0.2) is 31.0 Å². The Hall–Kier alpha value is -0.620. The molecule has 0 unspecified atom stereocenters. The lowest BCUT2D eigenvalue weighted by atomic mass is 10.3. The third-order valence-electron chi connectivity index (χ3n) is 1.62. The van der Waals surface area contributed by atoms with E-state index in [-0.39, 0.29) is 5.75 Å².